The molecular formula is C44H38N4O3S. The van der Waals surface area contributed by atoms with Gasteiger partial charge in [-0.05, 0) is 37.8 Å². The molecule has 8 unspecified atom stereocenters. The molecule has 4 heterocycles. The first kappa shape index (κ1) is 30.6. The van der Waals surface area contributed by atoms with E-state index < -0.39 is 0 Å². The zero-order chi connectivity index (χ0) is 34.2. The molecule has 0 saturated carbocycles. The van der Waals surface area contributed by atoms with Crippen molar-refractivity contribution in [1.82, 2.24) is 19.8 Å². The minimum absolute atomic E-state index is 0.0417. The molecule has 8 aliphatic rings. The molecule has 0 radical (unpaired) electrons. The smallest absolute Gasteiger partial charge is 0.223 e. The van der Waals surface area contributed by atoms with Gasteiger partial charge in [-0.1, -0.05) is 109 Å². The summed E-state index contributed by atoms with van der Waals surface area (Å²) in [5.41, 5.74) is 7.95. The summed E-state index contributed by atoms with van der Waals surface area (Å²) in [6.45, 7) is 0. The lowest BCUT2D eigenvalue weighted by atomic mass is 9.90. The fraction of sp³-hybridized carbons (Fsp3) is 0.273. The molecule has 0 spiro atoms. The lowest BCUT2D eigenvalue weighted by Crippen LogP contribution is -2.58. The number of morpholine rings is 1. The Balaban J connectivity index is 0.846. The number of oxazole rings is 2. The number of benzene rings is 1. The highest BCUT2D eigenvalue weighted by molar-refractivity contribution is 8.01. The lowest BCUT2D eigenvalue weighted by molar-refractivity contribution is -0.0782. The minimum Gasteiger partial charge on any atom is -0.436 e. The van der Waals surface area contributed by atoms with Gasteiger partial charge in [0.25, 0.3) is 0 Å². The summed E-state index contributed by atoms with van der Waals surface area (Å²) in [5.74, 6) is 1.34. The van der Waals surface area contributed by atoms with E-state index in [-0.39, 0.29) is 24.3 Å². The summed E-state index contributed by atoms with van der Waals surface area (Å²) in [6, 6.07) is 5.02. The van der Waals surface area contributed by atoms with Crippen LogP contribution in [0.1, 0.15) is 37.5 Å². The van der Waals surface area contributed by atoms with Gasteiger partial charge in [-0.15, -0.1) is 11.8 Å². The fourth-order valence-corrected chi connectivity index (χ4v) is 10.5. The highest BCUT2D eigenvalue weighted by atomic mass is 32.2. The molecule has 7 nitrogen and oxygen atoms in total. The first-order chi connectivity index (χ1) is 25.7. The predicted molar refractivity (Wildman–Crippen MR) is 208 cm³/mol. The maximum Gasteiger partial charge on any atom is 0.223 e. The fourth-order valence-electron chi connectivity index (χ4n) is 9.00. The largest absolute Gasteiger partial charge is 0.436 e. The van der Waals surface area contributed by atoms with Crippen molar-refractivity contribution >= 4 is 45.1 Å². The number of ether oxygens (including phenoxy) is 1. The van der Waals surface area contributed by atoms with Gasteiger partial charge >= 0.3 is 0 Å². The average Bonchev–Trinajstić information content (AvgIpc) is 3.82. The first-order valence-electron chi connectivity index (χ1n) is 18.5. The van der Waals surface area contributed by atoms with Gasteiger partial charge in [-0.2, -0.15) is 0 Å². The Bertz CT molecular complexity index is 2080. The van der Waals surface area contributed by atoms with Crippen molar-refractivity contribution in [2.24, 2.45) is 0 Å². The molecule has 11 rings (SSSR count). The van der Waals surface area contributed by atoms with Crippen LogP contribution in [0.2, 0.25) is 0 Å². The molecule has 3 aromatic rings. The molecule has 258 valence electrons. The standard InChI is InChI=1S/C44H38N4O3S/c1-5-13-37-33(9-1)47(34-10-2-6-14-38(34)49-37)29-21-17-27(18-22-29)43-45-31-25-40-32(26-39(31)50-43)46-44(51-40)28-19-23-30(24-20-28)48-35-11-3-7-15-41(35)52-42-16-8-4-12-36(42)48/h1-17,19,21,23,25-26,33-38,41-42H,18,20,22,24H2. The molecule has 8 atom stereocenters. The van der Waals surface area contributed by atoms with Crippen LogP contribution in [0.5, 0.6) is 0 Å². The van der Waals surface area contributed by atoms with Gasteiger partial charge in [0.2, 0.25) is 11.8 Å². The highest BCUT2D eigenvalue weighted by Gasteiger charge is 2.43. The Hall–Kier alpha value is -5.05. The van der Waals surface area contributed by atoms with E-state index in [1.165, 1.54) is 11.4 Å². The summed E-state index contributed by atoms with van der Waals surface area (Å²) in [4.78, 5) is 15.1. The summed E-state index contributed by atoms with van der Waals surface area (Å²) in [7, 11) is 0. The Labute approximate surface area is 306 Å². The maximum absolute atomic E-state index is 6.45. The molecule has 2 aromatic heterocycles. The van der Waals surface area contributed by atoms with Crippen LogP contribution in [0, 0.1) is 0 Å². The number of allylic oxidation sites excluding steroid dienone is 16. The lowest BCUT2D eigenvalue weighted by Gasteiger charge is -2.50. The summed E-state index contributed by atoms with van der Waals surface area (Å²) < 4.78 is 19.2. The van der Waals surface area contributed by atoms with Crippen molar-refractivity contribution in [3.63, 3.8) is 0 Å². The molecule has 2 fully saturated rings. The average molecular weight is 703 g/mol. The van der Waals surface area contributed by atoms with Crippen molar-refractivity contribution in [1.29, 1.82) is 0 Å². The molecule has 2 saturated heterocycles. The van der Waals surface area contributed by atoms with Crippen LogP contribution in [0.3, 0.4) is 0 Å². The molecule has 1 aromatic carbocycles. The van der Waals surface area contributed by atoms with E-state index in [9.17, 15) is 0 Å². The number of aromatic nitrogens is 2. The Morgan fingerprint density at radius 2 is 0.942 bits per heavy atom. The van der Waals surface area contributed by atoms with Crippen molar-refractivity contribution in [3.8, 4) is 0 Å². The minimum atomic E-state index is 0.0417. The van der Waals surface area contributed by atoms with Crippen molar-refractivity contribution in [3.05, 3.63) is 157 Å². The Kier molecular flexibility index (Phi) is 7.22. The highest BCUT2D eigenvalue weighted by Crippen LogP contribution is 2.44. The van der Waals surface area contributed by atoms with Gasteiger partial charge in [0.15, 0.2) is 11.2 Å². The van der Waals surface area contributed by atoms with E-state index in [0.717, 1.165) is 59.0 Å². The third-order valence-electron chi connectivity index (χ3n) is 11.5. The van der Waals surface area contributed by atoms with Gasteiger partial charge in [0.05, 0.1) is 24.2 Å². The molecule has 2 aliphatic heterocycles. The number of rotatable bonds is 4. The molecule has 0 N–H and O–H groups in total. The predicted octanol–water partition coefficient (Wildman–Crippen LogP) is 8.93. The number of fused-ring (bicyclic) bond motifs is 6. The Morgan fingerprint density at radius 1 is 0.500 bits per heavy atom. The molecule has 0 amide bonds. The van der Waals surface area contributed by atoms with Crippen LogP contribution < -0.4 is 0 Å². The van der Waals surface area contributed by atoms with Crippen LogP contribution in [0.15, 0.2) is 154 Å². The number of hydrogen-bond donors (Lipinski definition) is 0. The van der Waals surface area contributed by atoms with E-state index in [4.69, 9.17) is 23.5 Å². The van der Waals surface area contributed by atoms with Gasteiger partial charge in [0, 0.05) is 45.2 Å². The van der Waals surface area contributed by atoms with Gasteiger partial charge in [-0.25, -0.2) is 9.97 Å². The normalized spacial score (nSPS) is 32.7. The topological polar surface area (TPSA) is 67.8 Å². The van der Waals surface area contributed by atoms with E-state index in [1.807, 2.05) is 12.1 Å². The van der Waals surface area contributed by atoms with Crippen molar-refractivity contribution in [2.75, 3.05) is 0 Å². The third kappa shape index (κ3) is 5.06. The maximum atomic E-state index is 6.45. The quantitative estimate of drug-likeness (QED) is 0.267. The summed E-state index contributed by atoms with van der Waals surface area (Å²) in [6.07, 6.45) is 48.1. The molecular weight excluding hydrogens is 665 g/mol. The number of hydrogen-bond acceptors (Lipinski definition) is 8. The zero-order valence-electron chi connectivity index (χ0n) is 28.6. The van der Waals surface area contributed by atoms with Crippen LogP contribution in [-0.4, -0.2) is 66.6 Å². The van der Waals surface area contributed by atoms with Crippen molar-refractivity contribution in [2.45, 2.75) is 72.6 Å². The van der Waals surface area contributed by atoms with E-state index in [1.54, 1.807) is 0 Å². The van der Waals surface area contributed by atoms with Crippen LogP contribution in [0.25, 0.3) is 33.3 Å². The molecule has 8 heteroatoms. The molecule has 0 bridgehead atoms. The second-order valence-electron chi connectivity index (χ2n) is 14.5. The number of nitrogens with zero attached hydrogens (tertiary/aromatic N) is 4. The van der Waals surface area contributed by atoms with Crippen LogP contribution >= 0.6 is 11.8 Å². The van der Waals surface area contributed by atoms with Gasteiger partial charge in [0.1, 0.15) is 23.2 Å². The monoisotopic (exact) mass is 702 g/mol. The molecule has 6 aliphatic carbocycles. The summed E-state index contributed by atoms with van der Waals surface area (Å²) >= 11 is 2.07. The van der Waals surface area contributed by atoms with E-state index in [0.29, 0.717) is 34.4 Å². The van der Waals surface area contributed by atoms with Crippen molar-refractivity contribution < 1.29 is 13.6 Å². The third-order valence-corrected chi connectivity index (χ3v) is 13.0. The van der Waals surface area contributed by atoms with E-state index in [2.05, 4.69) is 143 Å². The van der Waals surface area contributed by atoms with Gasteiger partial charge < -0.3 is 23.4 Å². The number of thioether (sulfide) groups is 1. The van der Waals surface area contributed by atoms with Crippen LogP contribution in [-0.2, 0) is 4.74 Å². The second-order valence-corrected chi connectivity index (χ2v) is 15.9. The Morgan fingerprint density at radius 3 is 1.42 bits per heavy atom. The summed E-state index contributed by atoms with van der Waals surface area (Å²) in [5, 5.41) is 0.910. The molecule has 52 heavy (non-hydrogen) atoms. The second kappa shape index (κ2) is 12.3. The zero-order valence-corrected chi connectivity index (χ0v) is 29.4. The SMILES string of the molecule is C1=CC2OC3C=CC=CC3N(C3=CC=C(c4nc5cc6oc(C7=CC=C(N8C9C=CC=CC9SC9C=CC=CC98)CC7)nc6cc5o4)CC3)C2C=C1. The van der Waals surface area contributed by atoms with E-state index >= 15 is 0 Å². The first-order valence-corrected chi connectivity index (χ1v) is 19.5. The van der Waals surface area contributed by atoms with Gasteiger partial charge in [-0.3, -0.25) is 0 Å². The van der Waals surface area contributed by atoms with Crippen LogP contribution in [0.4, 0.5) is 0 Å².